The van der Waals surface area contributed by atoms with Crippen molar-refractivity contribution in [1.82, 2.24) is 4.90 Å². The Hall–Kier alpha value is -3.20. The highest BCUT2D eigenvalue weighted by molar-refractivity contribution is 5.97. The fourth-order valence-electron chi connectivity index (χ4n) is 4.15. The highest BCUT2D eigenvalue weighted by atomic mass is 19.1. The van der Waals surface area contributed by atoms with Crippen LogP contribution in [0.2, 0.25) is 0 Å². The van der Waals surface area contributed by atoms with E-state index in [2.05, 4.69) is 5.32 Å². The summed E-state index contributed by atoms with van der Waals surface area (Å²) in [5.74, 6) is -1.76. The zero-order chi connectivity index (χ0) is 24.3. The molecule has 0 saturated carbocycles. The predicted molar refractivity (Wildman–Crippen MR) is 119 cm³/mol. The predicted octanol–water partition coefficient (Wildman–Crippen LogP) is 4.50. The highest BCUT2D eigenvalue weighted by Crippen LogP contribution is 2.35. The lowest BCUT2D eigenvalue weighted by atomic mass is 9.84. The van der Waals surface area contributed by atoms with Crippen LogP contribution in [0.3, 0.4) is 0 Å². The van der Waals surface area contributed by atoms with Gasteiger partial charge in [0.2, 0.25) is 0 Å². The molecule has 2 amide bonds. The van der Waals surface area contributed by atoms with Gasteiger partial charge in [0.25, 0.3) is 5.91 Å². The molecule has 33 heavy (non-hydrogen) atoms. The van der Waals surface area contributed by atoms with Crippen LogP contribution in [-0.4, -0.2) is 48.9 Å². The number of halogens is 2. The number of amides is 2. The molecule has 0 aromatic heterocycles. The molecule has 0 fully saturated rings. The third-order valence-corrected chi connectivity index (χ3v) is 5.73. The first-order valence-corrected chi connectivity index (χ1v) is 10.6. The number of fused-ring (bicyclic) bond motifs is 1. The van der Waals surface area contributed by atoms with Gasteiger partial charge in [0.05, 0.1) is 13.7 Å². The SMILES string of the molecule is CCOCC(C)(C)c1c(F)cc(NC(=O)[C@H]2c3ccc(OC)cc3CCN2C(=O)O)cc1F. The van der Waals surface area contributed by atoms with Crippen molar-refractivity contribution >= 4 is 17.7 Å². The molecule has 2 aromatic carbocycles. The van der Waals surface area contributed by atoms with E-state index in [-0.39, 0.29) is 24.4 Å². The first kappa shape index (κ1) is 24.4. The van der Waals surface area contributed by atoms with Gasteiger partial charge in [-0.3, -0.25) is 9.69 Å². The summed E-state index contributed by atoms with van der Waals surface area (Å²) < 4.78 is 40.3. The number of benzene rings is 2. The molecule has 3 rings (SSSR count). The number of carbonyl (C=O) groups excluding carboxylic acids is 1. The van der Waals surface area contributed by atoms with Crippen molar-refractivity contribution in [3.8, 4) is 5.75 Å². The Balaban J connectivity index is 1.92. The number of nitrogens with one attached hydrogen (secondary N) is 1. The molecule has 9 heteroatoms. The van der Waals surface area contributed by atoms with Gasteiger partial charge in [-0.15, -0.1) is 0 Å². The van der Waals surface area contributed by atoms with Crippen LogP contribution >= 0.6 is 0 Å². The third kappa shape index (κ3) is 5.08. The molecule has 0 spiro atoms. The van der Waals surface area contributed by atoms with Crippen LogP contribution < -0.4 is 10.1 Å². The van der Waals surface area contributed by atoms with Crippen LogP contribution in [0.1, 0.15) is 43.5 Å². The Morgan fingerprint density at radius 1 is 1.21 bits per heavy atom. The van der Waals surface area contributed by atoms with Crippen molar-refractivity contribution < 1.29 is 33.0 Å². The highest BCUT2D eigenvalue weighted by Gasteiger charge is 2.37. The largest absolute Gasteiger partial charge is 0.497 e. The van der Waals surface area contributed by atoms with Crippen LogP contribution in [-0.2, 0) is 21.4 Å². The molecule has 2 aromatic rings. The van der Waals surface area contributed by atoms with Gasteiger partial charge in [0.1, 0.15) is 23.4 Å². The molecule has 0 unspecified atom stereocenters. The maximum atomic E-state index is 14.9. The van der Waals surface area contributed by atoms with E-state index in [0.29, 0.717) is 24.3 Å². The number of methoxy groups -OCH3 is 1. The van der Waals surface area contributed by atoms with Crippen molar-refractivity contribution in [2.45, 2.75) is 38.6 Å². The number of nitrogens with zero attached hydrogens (tertiary/aromatic N) is 1. The number of rotatable bonds is 7. The van der Waals surface area contributed by atoms with Crippen molar-refractivity contribution in [3.63, 3.8) is 0 Å². The molecule has 0 radical (unpaired) electrons. The number of hydrogen-bond donors (Lipinski definition) is 2. The number of carboxylic acid groups (broad SMARTS) is 1. The van der Waals surface area contributed by atoms with Gasteiger partial charge in [-0.05, 0) is 48.7 Å². The van der Waals surface area contributed by atoms with Crippen molar-refractivity contribution in [2.75, 3.05) is 32.2 Å². The monoisotopic (exact) mass is 462 g/mol. The van der Waals surface area contributed by atoms with E-state index in [1.54, 1.807) is 39.0 Å². The summed E-state index contributed by atoms with van der Waals surface area (Å²) in [6, 6.07) is 5.92. The Morgan fingerprint density at radius 3 is 2.45 bits per heavy atom. The maximum Gasteiger partial charge on any atom is 0.408 e. The van der Waals surface area contributed by atoms with E-state index in [4.69, 9.17) is 9.47 Å². The lowest BCUT2D eigenvalue weighted by Crippen LogP contribution is -2.44. The number of ether oxygens (including phenoxy) is 2. The number of carbonyl (C=O) groups is 2. The Bertz CT molecular complexity index is 1030. The summed E-state index contributed by atoms with van der Waals surface area (Å²) in [7, 11) is 1.51. The molecule has 7 nitrogen and oxygen atoms in total. The second kappa shape index (κ2) is 9.74. The van der Waals surface area contributed by atoms with E-state index in [9.17, 15) is 23.5 Å². The second-order valence-corrected chi connectivity index (χ2v) is 8.52. The molecule has 1 heterocycles. The van der Waals surface area contributed by atoms with Gasteiger partial charge in [-0.2, -0.15) is 0 Å². The lowest BCUT2D eigenvalue weighted by Gasteiger charge is -2.34. The van der Waals surface area contributed by atoms with Crippen molar-refractivity contribution in [3.05, 3.63) is 58.7 Å². The normalized spacial score (nSPS) is 15.7. The van der Waals surface area contributed by atoms with Crippen molar-refractivity contribution in [1.29, 1.82) is 0 Å². The van der Waals surface area contributed by atoms with Gasteiger partial charge in [0.15, 0.2) is 0 Å². The minimum absolute atomic E-state index is 0.0981. The fraction of sp³-hybridized carbons (Fsp3) is 0.417. The molecule has 1 aliphatic rings. The molecule has 178 valence electrons. The molecule has 1 aliphatic heterocycles. The lowest BCUT2D eigenvalue weighted by molar-refractivity contribution is -0.121. The second-order valence-electron chi connectivity index (χ2n) is 8.52. The number of anilines is 1. The first-order valence-electron chi connectivity index (χ1n) is 10.6. The van der Waals surface area contributed by atoms with Gasteiger partial charge < -0.3 is 19.9 Å². The smallest absolute Gasteiger partial charge is 0.408 e. The molecule has 0 bridgehead atoms. The molecule has 1 atom stereocenters. The van der Waals surface area contributed by atoms with Crippen LogP contribution in [0.4, 0.5) is 19.3 Å². The van der Waals surface area contributed by atoms with E-state index in [0.717, 1.165) is 22.6 Å². The summed E-state index contributed by atoms with van der Waals surface area (Å²) in [6.45, 7) is 5.76. The quantitative estimate of drug-likeness (QED) is 0.633. The molecular formula is C24H28F2N2O5. The van der Waals surface area contributed by atoms with E-state index < -0.39 is 35.1 Å². The Morgan fingerprint density at radius 2 is 1.88 bits per heavy atom. The fourth-order valence-corrected chi connectivity index (χ4v) is 4.15. The van der Waals surface area contributed by atoms with Gasteiger partial charge >= 0.3 is 6.09 Å². The van der Waals surface area contributed by atoms with Gasteiger partial charge in [-0.1, -0.05) is 19.9 Å². The third-order valence-electron chi connectivity index (χ3n) is 5.73. The average Bonchev–Trinajstić information content (AvgIpc) is 2.75. The van der Waals surface area contributed by atoms with Crippen LogP contribution in [0, 0.1) is 11.6 Å². The Kier molecular flexibility index (Phi) is 7.22. The van der Waals surface area contributed by atoms with Gasteiger partial charge in [0, 0.05) is 29.8 Å². The molecule has 0 saturated heterocycles. The standard InChI is InChI=1S/C24H28F2N2O5/c1-5-33-13-24(2,3)20-18(25)11-15(12-19(20)26)27-22(29)21-17-7-6-16(32-4)10-14(17)8-9-28(21)23(30)31/h6-7,10-12,21H,5,8-9,13H2,1-4H3,(H,27,29)(H,30,31)/t21-/m1/s1. The summed E-state index contributed by atoms with van der Waals surface area (Å²) in [6.07, 6.45) is -0.850. The first-order chi connectivity index (χ1) is 15.6. The van der Waals surface area contributed by atoms with Crippen LogP contribution in [0.5, 0.6) is 5.75 Å². The minimum atomic E-state index is -1.26. The summed E-state index contributed by atoms with van der Waals surface area (Å²) in [5, 5.41) is 12.1. The van der Waals surface area contributed by atoms with E-state index in [1.807, 2.05) is 0 Å². The zero-order valence-corrected chi connectivity index (χ0v) is 19.1. The maximum absolute atomic E-state index is 14.9. The average molecular weight is 462 g/mol. The summed E-state index contributed by atoms with van der Waals surface area (Å²) >= 11 is 0. The van der Waals surface area contributed by atoms with E-state index in [1.165, 1.54) is 7.11 Å². The van der Waals surface area contributed by atoms with Crippen LogP contribution in [0.15, 0.2) is 30.3 Å². The number of hydrogen-bond acceptors (Lipinski definition) is 4. The van der Waals surface area contributed by atoms with Gasteiger partial charge in [-0.25, -0.2) is 13.6 Å². The van der Waals surface area contributed by atoms with E-state index >= 15 is 0 Å². The molecular weight excluding hydrogens is 434 g/mol. The van der Waals surface area contributed by atoms with Crippen molar-refractivity contribution in [2.24, 2.45) is 0 Å². The zero-order valence-electron chi connectivity index (χ0n) is 19.1. The summed E-state index contributed by atoms with van der Waals surface area (Å²) in [5.41, 5.74) is 0.108. The summed E-state index contributed by atoms with van der Waals surface area (Å²) in [4.78, 5) is 25.9. The van der Waals surface area contributed by atoms with Crippen LogP contribution in [0.25, 0.3) is 0 Å². The Labute approximate surface area is 191 Å². The molecule has 2 N–H and O–H groups in total. The minimum Gasteiger partial charge on any atom is -0.497 e. The molecule has 0 aliphatic carbocycles. The topological polar surface area (TPSA) is 88.1 Å².